The Morgan fingerprint density at radius 1 is 0.919 bits per heavy atom. The third-order valence-corrected chi connectivity index (χ3v) is 5.78. The second kappa shape index (κ2) is 10.6. The van der Waals surface area contributed by atoms with Crippen LogP contribution in [0.5, 0.6) is 11.5 Å². The molecule has 1 aromatic heterocycles. The largest absolute Gasteiger partial charge is 0.493 e. The van der Waals surface area contributed by atoms with Gasteiger partial charge in [0.2, 0.25) is 5.89 Å². The normalized spacial score (nSPS) is 11.2. The highest BCUT2D eigenvalue weighted by atomic mass is 16.5. The SMILES string of the molecule is Cc1oc(-c2cc(-c3ccccc3)ccc2C(=O)O)nc1CCOc1cccc(OC(C)(C)C(=O)O)c1. The molecule has 1 heterocycles. The van der Waals surface area contributed by atoms with Crippen molar-refractivity contribution in [3.63, 3.8) is 0 Å². The van der Waals surface area contributed by atoms with Gasteiger partial charge in [-0.3, -0.25) is 0 Å². The topological polar surface area (TPSA) is 119 Å². The Hall–Kier alpha value is -4.59. The molecule has 0 aliphatic heterocycles. The molecule has 0 bridgehead atoms. The number of hydrogen-bond acceptors (Lipinski definition) is 6. The van der Waals surface area contributed by atoms with Crippen molar-refractivity contribution in [2.75, 3.05) is 6.61 Å². The first-order chi connectivity index (χ1) is 17.6. The van der Waals surface area contributed by atoms with E-state index in [2.05, 4.69) is 4.98 Å². The Balaban J connectivity index is 1.50. The Kier molecular flexibility index (Phi) is 7.29. The van der Waals surface area contributed by atoms with Gasteiger partial charge in [-0.2, -0.15) is 0 Å². The van der Waals surface area contributed by atoms with Crippen LogP contribution in [0.3, 0.4) is 0 Å². The van der Waals surface area contributed by atoms with E-state index in [1.165, 1.54) is 13.8 Å². The lowest BCUT2D eigenvalue weighted by molar-refractivity contribution is -0.152. The van der Waals surface area contributed by atoms with Crippen molar-refractivity contribution in [3.8, 4) is 34.1 Å². The average Bonchev–Trinajstić information content (AvgIpc) is 3.24. The van der Waals surface area contributed by atoms with Gasteiger partial charge in [-0.05, 0) is 56.2 Å². The third-order valence-electron chi connectivity index (χ3n) is 5.78. The fourth-order valence-electron chi connectivity index (χ4n) is 3.72. The molecule has 0 spiro atoms. The van der Waals surface area contributed by atoms with Crippen molar-refractivity contribution in [2.45, 2.75) is 32.8 Å². The zero-order chi connectivity index (χ0) is 26.6. The van der Waals surface area contributed by atoms with Crippen molar-refractivity contribution < 1.29 is 33.7 Å². The molecule has 0 saturated heterocycles. The molecule has 0 aliphatic carbocycles. The lowest BCUT2D eigenvalue weighted by Crippen LogP contribution is -2.37. The fourth-order valence-corrected chi connectivity index (χ4v) is 3.72. The number of carbonyl (C=O) groups is 2. The predicted octanol–water partition coefficient (Wildman–Crippen LogP) is 5.88. The molecule has 0 aliphatic rings. The van der Waals surface area contributed by atoms with Gasteiger partial charge in [-0.15, -0.1) is 0 Å². The van der Waals surface area contributed by atoms with Gasteiger partial charge in [0.05, 0.1) is 23.4 Å². The molecule has 3 aromatic carbocycles. The summed E-state index contributed by atoms with van der Waals surface area (Å²) in [6.07, 6.45) is 0.418. The summed E-state index contributed by atoms with van der Waals surface area (Å²) in [5, 5.41) is 19.0. The number of hydrogen-bond donors (Lipinski definition) is 2. The highest BCUT2D eigenvalue weighted by molar-refractivity contribution is 5.96. The Morgan fingerprint density at radius 2 is 1.65 bits per heavy atom. The molecular formula is C29H27NO7. The van der Waals surface area contributed by atoms with E-state index < -0.39 is 17.5 Å². The fraction of sp³-hybridized carbons (Fsp3) is 0.207. The summed E-state index contributed by atoms with van der Waals surface area (Å²) in [5.41, 5.74) is 1.58. The molecule has 0 unspecified atom stereocenters. The Labute approximate surface area is 214 Å². The Bertz CT molecular complexity index is 1420. The van der Waals surface area contributed by atoms with Gasteiger partial charge in [0, 0.05) is 12.5 Å². The summed E-state index contributed by atoms with van der Waals surface area (Å²) in [5.74, 6) is -0.442. The standard InChI is InChI=1S/C29H27NO7/c1-18-25(14-15-35-21-10-7-11-22(17-21)37-29(2,3)28(33)34)30-26(36-18)24-16-20(12-13-23(24)27(31)32)19-8-5-4-6-9-19/h4-13,16-17H,14-15H2,1-3H3,(H,31,32)(H,33,34). The minimum atomic E-state index is -1.38. The minimum absolute atomic E-state index is 0.102. The van der Waals surface area contributed by atoms with Crippen LogP contribution in [0.2, 0.25) is 0 Å². The number of oxazole rings is 1. The molecule has 0 atom stereocenters. The molecule has 2 N–H and O–H groups in total. The molecular weight excluding hydrogens is 474 g/mol. The quantitative estimate of drug-likeness (QED) is 0.277. The van der Waals surface area contributed by atoms with Gasteiger partial charge < -0.3 is 24.1 Å². The van der Waals surface area contributed by atoms with E-state index in [0.717, 1.165) is 11.1 Å². The summed E-state index contributed by atoms with van der Waals surface area (Å²) in [6.45, 7) is 4.99. The van der Waals surface area contributed by atoms with Gasteiger partial charge in [-0.25, -0.2) is 14.6 Å². The summed E-state index contributed by atoms with van der Waals surface area (Å²) in [4.78, 5) is 27.8. The molecule has 8 heteroatoms. The monoisotopic (exact) mass is 501 g/mol. The van der Waals surface area contributed by atoms with Crippen molar-refractivity contribution in [2.24, 2.45) is 0 Å². The number of carboxylic acids is 2. The maximum absolute atomic E-state index is 11.9. The first kappa shape index (κ1) is 25.5. The van der Waals surface area contributed by atoms with E-state index in [9.17, 15) is 19.8 Å². The second-order valence-electron chi connectivity index (χ2n) is 8.94. The number of rotatable bonds is 10. The van der Waals surface area contributed by atoms with E-state index in [-0.39, 0.29) is 18.1 Å². The third kappa shape index (κ3) is 5.98. The van der Waals surface area contributed by atoms with Crippen LogP contribution >= 0.6 is 0 Å². The van der Waals surface area contributed by atoms with Crippen LogP contribution in [0.15, 0.2) is 77.2 Å². The van der Waals surface area contributed by atoms with Gasteiger partial charge in [0.25, 0.3) is 0 Å². The highest BCUT2D eigenvalue weighted by Crippen LogP contribution is 2.31. The van der Waals surface area contributed by atoms with E-state index in [0.29, 0.717) is 34.9 Å². The molecule has 0 saturated carbocycles. The van der Waals surface area contributed by atoms with Gasteiger partial charge in [0.15, 0.2) is 5.60 Å². The van der Waals surface area contributed by atoms with Gasteiger partial charge >= 0.3 is 11.9 Å². The van der Waals surface area contributed by atoms with Crippen LogP contribution in [0.4, 0.5) is 0 Å². The highest BCUT2D eigenvalue weighted by Gasteiger charge is 2.29. The maximum atomic E-state index is 11.9. The molecule has 37 heavy (non-hydrogen) atoms. The number of aliphatic carboxylic acids is 1. The number of ether oxygens (including phenoxy) is 2. The molecule has 0 radical (unpaired) electrons. The molecule has 4 aromatic rings. The van der Waals surface area contributed by atoms with E-state index >= 15 is 0 Å². The zero-order valence-corrected chi connectivity index (χ0v) is 20.7. The van der Waals surface area contributed by atoms with Crippen LogP contribution in [0.1, 0.15) is 35.7 Å². The van der Waals surface area contributed by atoms with Crippen LogP contribution in [0, 0.1) is 6.92 Å². The van der Waals surface area contributed by atoms with Crippen LogP contribution in [-0.2, 0) is 11.2 Å². The van der Waals surface area contributed by atoms with E-state index in [4.69, 9.17) is 13.9 Å². The van der Waals surface area contributed by atoms with Gasteiger partial charge in [-0.1, -0.05) is 42.5 Å². The number of nitrogens with zero attached hydrogens (tertiary/aromatic N) is 1. The Morgan fingerprint density at radius 3 is 2.35 bits per heavy atom. The first-order valence-electron chi connectivity index (χ1n) is 11.7. The maximum Gasteiger partial charge on any atom is 0.347 e. The van der Waals surface area contributed by atoms with Crippen molar-refractivity contribution >= 4 is 11.9 Å². The second-order valence-corrected chi connectivity index (χ2v) is 8.94. The smallest absolute Gasteiger partial charge is 0.347 e. The van der Waals surface area contributed by atoms with Crippen LogP contribution in [-0.4, -0.2) is 39.3 Å². The molecule has 4 rings (SSSR count). The number of carboxylic acid groups (broad SMARTS) is 2. The van der Waals surface area contributed by atoms with Crippen LogP contribution in [0.25, 0.3) is 22.6 Å². The summed E-state index contributed by atoms with van der Waals surface area (Å²) < 4.78 is 17.3. The summed E-state index contributed by atoms with van der Waals surface area (Å²) in [6, 6.07) is 21.5. The summed E-state index contributed by atoms with van der Waals surface area (Å²) >= 11 is 0. The average molecular weight is 502 g/mol. The molecule has 0 fully saturated rings. The number of aromatic carboxylic acids is 1. The number of aryl methyl sites for hydroxylation is 1. The summed E-state index contributed by atoms with van der Waals surface area (Å²) in [7, 11) is 0. The minimum Gasteiger partial charge on any atom is -0.493 e. The lowest BCUT2D eigenvalue weighted by Gasteiger charge is -2.21. The zero-order valence-electron chi connectivity index (χ0n) is 20.7. The predicted molar refractivity (Wildman–Crippen MR) is 137 cm³/mol. The number of aromatic nitrogens is 1. The van der Waals surface area contributed by atoms with Gasteiger partial charge in [0.1, 0.15) is 17.3 Å². The molecule has 8 nitrogen and oxygen atoms in total. The van der Waals surface area contributed by atoms with E-state index in [1.54, 1.807) is 49.4 Å². The van der Waals surface area contributed by atoms with Crippen molar-refractivity contribution in [3.05, 3.63) is 89.8 Å². The molecule has 0 amide bonds. The first-order valence-corrected chi connectivity index (χ1v) is 11.7. The van der Waals surface area contributed by atoms with E-state index in [1.807, 2.05) is 30.3 Å². The number of benzene rings is 3. The van der Waals surface area contributed by atoms with Crippen molar-refractivity contribution in [1.82, 2.24) is 4.98 Å². The lowest BCUT2D eigenvalue weighted by atomic mass is 9.99. The van der Waals surface area contributed by atoms with Crippen LogP contribution < -0.4 is 9.47 Å². The molecule has 190 valence electrons. The van der Waals surface area contributed by atoms with Crippen molar-refractivity contribution in [1.29, 1.82) is 0 Å².